The Kier molecular flexibility index (Phi) is 9.06. The lowest BCUT2D eigenvalue weighted by atomic mass is 9.99. The predicted molar refractivity (Wildman–Crippen MR) is 129 cm³/mol. The average molecular weight is 467 g/mol. The number of hydrogen-bond donors (Lipinski definition) is 1. The summed E-state index contributed by atoms with van der Waals surface area (Å²) in [5.74, 6) is -0.294. The first kappa shape index (κ1) is 24.5. The van der Waals surface area contributed by atoms with Gasteiger partial charge in [0.15, 0.2) is 5.16 Å². The first-order valence-corrected chi connectivity index (χ1v) is 12.1. The van der Waals surface area contributed by atoms with Gasteiger partial charge in [0.05, 0.1) is 18.3 Å². The van der Waals surface area contributed by atoms with Crippen molar-refractivity contribution in [1.82, 2.24) is 20.1 Å². The molecule has 0 fully saturated rings. The Morgan fingerprint density at radius 3 is 2.48 bits per heavy atom. The molecule has 8 heteroatoms. The van der Waals surface area contributed by atoms with E-state index in [1.54, 1.807) is 13.3 Å². The molecular formula is C25H30N4O3S. The zero-order chi connectivity index (χ0) is 23.6. The molecule has 1 heterocycles. The molecule has 7 nitrogen and oxygen atoms in total. The Balaban J connectivity index is 1.56. The summed E-state index contributed by atoms with van der Waals surface area (Å²) < 4.78 is 7.06. The van der Waals surface area contributed by atoms with Gasteiger partial charge in [-0.2, -0.15) is 0 Å². The first-order valence-electron chi connectivity index (χ1n) is 11.1. The number of esters is 1. The van der Waals surface area contributed by atoms with Crippen LogP contribution in [0.1, 0.15) is 37.8 Å². The van der Waals surface area contributed by atoms with Crippen molar-refractivity contribution in [1.29, 1.82) is 0 Å². The largest absolute Gasteiger partial charge is 0.466 e. The van der Waals surface area contributed by atoms with Gasteiger partial charge in [-0.1, -0.05) is 68.1 Å². The predicted octanol–water partition coefficient (Wildman–Crippen LogP) is 4.02. The number of nitrogens with one attached hydrogen (secondary N) is 1. The highest BCUT2D eigenvalue weighted by atomic mass is 32.2. The molecule has 0 radical (unpaired) electrons. The van der Waals surface area contributed by atoms with E-state index in [0.717, 1.165) is 11.3 Å². The first-order chi connectivity index (χ1) is 16.0. The fourth-order valence-electron chi connectivity index (χ4n) is 3.34. The summed E-state index contributed by atoms with van der Waals surface area (Å²) in [5.41, 5.74) is 3.22. The quantitative estimate of drug-likeness (QED) is 0.339. The number of ether oxygens (including phenoxy) is 1. The molecule has 1 atom stereocenters. The smallest absolute Gasteiger partial charge is 0.311 e. The molecule has 0 aliphatic rings. The summed E-state index contributed by atoms with van der Waals surface area (Å²) in [6.07, 6.45) is 2.15. The molecule has 0 spiro atoms. The number of rotatable bonds is 11. The van der Waals surface area contributed by atoms with E-state index in [2.05, 4.69) is 41.5 Å². The summed E-state index contributed by atoms with van der Waals surface area (Å²) in [5, 5.41) is 11.6. The molecule has 3 rings (SSSR count). The molecule has 3 aromatic rings. The van der Waals surface area contributed by atoms with Gasteiger partial charge in [0, 0.05) is 12.2 Å². The number of benzene rings is 2. The molecule has 174 valence electrons. The lowest BCUT2D eigenvalue weighted by Gasteiger charge is -2.16. The van der Waals surface area contributed by atoms with Gasteiger partial charge in [-0.15, -0.1) is 10.2 Å². The average Bonchev–Trinajstić information content (AvgIpc) is 3.30. The second kappa shape index (κ2) is 12.2. The van der Waals surface area contributed by atoms with Crippen LogP contribution in [0.3, 0.4) is 0 Å². The maximum atomic E-state index is 12.5. The molecule has 1 amide bonds. The van der Waals surface area contributed by atoms with Crippen LogP contribution in [0.2, 0.25) is 0 Å². The molecule has 0 saturated carbocycles. The van der Waals surface area contributed by atoms with E-state index in [0.29, 0.717) is 24.1 Å². The Hall–Kier alpha value is -3.13. The van der Waals surface area contributed by atoms with Gasteiger partial charge in [-0.05, 0) is 42.5 Å². The summed E-state index contributed by atoms with van der Waals surface area (Å²) >= 11 is 1.30. The number of carbonyl (C=O) groups excluding carboxylic acids is 2. The van der Waals surface area contributed by atoms with Gasteiger partial charge in [0.1, 0.15) is 6.33 Å². The van der Waals surface area contributed by atoms with Gasteiger partial charge in [0.2, 0.25) is 5.91 Å². The van der Waals surface area contributed by atoms with Crippen molar-refractivity contribution in [2.45, 2.75) is 38.3 Å². The van der Waals surface area contributed by atoms with Crippen molar-refractivity contribution in [3.05, 3.63) is 72.1 Å². The normalized spacial score (nSPS) is 11.9. The number of aromatic nitrogens is 3. The van der Waals surface area contributed by atoms with Crippen LogP contribution in [0.4, 0.5) is 0 Å². The third-order valence-corrected chi connectivity index (χ3v) is 6.12. The number of carbonyl (C=O) groups is 2. The Labute approximate surface area is 198 Å². The Bertz CT molecular complexity index is 1040. The van der Waals surface area contributed by atoms with Crippen LogP contribution < -0.4 is 5.32 Å². The Morgan fingerprint density at radius 2 is 1.82 bits per heavy atom. The summed E-state index contributed by atoms with van der Waals surface area (Å²) in [7, 11) is 0. The van der Waals surface area contributed by atoms with Gasteiger partial charge in [-0.25, -0.2) is 0 Å². The fraction of sp³-hybridized carbons (Fsp3) is 0.360. The van der Waals surface area contributed by atoms with Crippen LogP contribution in [-0.2, 0) is 20.7 Å². The topological polar surface area (TPSA) is 86.1 Å². The number of nitrogens with zero attached hydrogens (tertiary/aromatic N) is 3. The monoisotopic (exact) mass is 466 g/mol. The molecule has 0 saturated heterocycles. The molecule has 1 aromatic heterocycles. The van der Waals surface area contributed by atoms with Gasteiger partial charge < -0.3 is 10.1 Å². The lowest BCUT2D eigenvalue weighted by Crippen LogP contribution is -2.36. The van der Waals surface area contributed by atoms with Crippen molar-refractivity contribution in [2.24, 2.45) is 5.92 Å². The van der Waals surface area contributed by atoms with Crippen molar-refractivity contribution in [3.63, 3.8) is 0 Å². The van der Waals surface area contributed by atoms with E-state index in [9.17, 15) is 9.59 Å². The van der Waals surface area contributed by atoms with Gasteiger partial charge in [-0.3, -0.25) is 14.2 Å². The molecule has 0 aliphatic carbocycles. The Morgan fingerprint density at radius 1 is 1.09 bits per heavy atom. The van der Waals surface area contributed by atoms with Crippen molar-refractivity contribution in [2.75, 3.05) is 18.9 Å². The zero-order valence-corrected chi connectivity index (χ0v) is 20.0. The minimum Gasteiger partial charge on any atom is -0.466 e. The van der Waals surface area contributed by atoms with E-state index >= 15 is 0 Å². The number of hydrogen-bond acceptors (Lipinski definition) is 6. The third kappa shape index (κ3) is 7.18. The second-order valence-electron chi connectivity index (χ2n) is 7.96. The SMILES string of the molecule is CCOC(=O)[C@@H](CNC(=O)CSc1nncn1-c1ccc(C(C)C)cc1)Cc1ccccc1. The van der Waals surface area contributed by atoms with E-state index in [4.69, 9.17) is 4.74 Å². The summed E-state index contributed by atoms with van der Waals surface area (Å²) in [4.78, 5) is 24.9. The molecule has 0 bridgehead atoms. The van der Waals surface area contributed by atoms with Crippen molar-refractivity contribution < 1.29 is 14.3 Å². The van der Waals surface area contributed by atoms with Crippen molar-refractivity contribution in [3.8, 4) is 5.69 Å². The standard InChI is InChI=1S/C25H30N4O3S/c1-4-32-24(31)21(14-19-8-6-5-7-9-19)15-26-23(30)16-33-25-28-27-17-29(25)22-12-10-20(11-13-22)18(2)3/h5-13,17-18,21H,4,14-16H2,1-3H3,(H,26,30)/t21-/m1/s1. The highest BCUT2D eigenvalue weighted by Crippen LogP contribution is 2.22. The number of amides is 1. The summed E-state index contributed by atoms with van der Waals surface area (Å²) in [6, 6.07) is 17.9. The third-order valence-electron chi connectivity index (χ3n) is 5.18. The van der Waals surface area contributed by atoms with Crippen LogP contribution in [0.5, 0.6) is 0 Å². The number of thioether (sulfide) groups is 1. The fourth-order valence-corrected chi connectivity index (χ4v) is 4.09. The second-order valence-corrected chi connectivity index (χ2v) is 8.90. The summed E-state index contributed by atoms with van der Waals surface area (Å²) in [6.45, 7) is 6.61. The molecule has 2 aromatic carbocycles. The van der Waals surface area contributed by atoms with Crippen molar-refractivity contribution >= 4 is 23.6 Å². The molecule has 33 heavy (non-hydrogen) atoms. The van der Waals surface area contributed by atoms with E-state index in [1.165, 1.54) is 17.3 Å². The van der Waals surface area contributed by atoms with E-state index in [1.807, 2.05) is 47.0 Å². The van der Waals surface area contributed by atoms with Crippen LogP contribution >= 0.6 is 11.8 Å². The minimum atomic E-state index is -0.440. The van der Waals surface area contributed by atoms with Crippen LogP contribution in [0.25, 0.3) is 5.69 Å². The molecule has 0 unspecified atom stereocenters. The lowest BCUT2D eigenvalue weighted by molar-refractivity contribution is -0.147. The molecule has 0 aliphatic heterocycles. The van der Waals surface area contributed by atoms with Crippen LogP contribution in [-0.4, -0.2) is 45.5 Å². The van der Waals surface area contributed by atoms with Gasteiger partial charge >= 0.3 is 5.97 Å². The van der Waals surface area contributed by atoms with Crippen LogP contribution in [0.15, 0.2) is 66.1 Å². The highest BCUT2D eigenvalue weighted by molar-refractivity contribution is 7.99. The van der Waals surface area contributed by atoms with E-state index < -0.39 is 5.92 Å². The maximum absolute atomic E-state index is 12.5. The zero-order valence-electron chi connectivity index (χ0n) is 19.2. The van der Waals surface area contributed by atoms with Crippen LogP contribution in [0, 0.1) is 5.92 Å². The minimum absolute atomic E-state index is 0.170. The van der Waals surface area contributed by atoms with E-state index in [-0.39, 0.29) is 24.2 Å². The molecule has 1 N–H and O–H groups in total. The highest BCUT2D eigenvalue weighted by Gasteiger charge is 2.21. The maximum Gasteiger partial charge on any atom is 0.311 e. The molecular weight excluding hydrogens is 436 g/mol. The van der Waals surface area contributed by atoms with Gasteiger partial charge in [0.25, 0.3) is 0 Å².